The number of benzene rings is 2. The average Bonchev–Trinajstić information content (AvgIpc) is 2.60. The Morgan fingerprint density at radius 2 is 1.57 bits per heavy atom. The highest BCUT2D eigenvalue weighted by atomic mass is 16.5. The van der Waals surface area contributed by atoms with Gasteiger partial charge in [0.2, 0.25) is 0 Å². The lowest BCUT2D eigenvalue weighted by Crippen LogP contribution is -2.02. The number of aryl methyl sites for hydroxylation is 1. The zero-order valence-electron chi connectivity index (χ0n) is 13.7. The molecule has 2 N–H and O–H groups in total. The molecule has 0 heterocycles. The van der Waals surface area contributed by atoms with E-state index in [1.165, 1.54) is 11.1 Å². The van der Waals surface area contributed by atoms with Crippen LogP contribution in [-0.4, -0.2) is 19.8 Å². The van der Waals surface area contributed by atoms with Gasteiger partial charge in [-0.05, 0) is 55.5 Å². The second-order valence-corrected chi connectivity index (χ2v) is 5.63. The second-order valence-electron chi connectivity index (χ2n) is 5.63. The highest BCUT2D eigenvalue weighted by molar-refractivity contribution is 5.28. The molecule has 124 valence electrons. The zero-order valence-corrected chi connectivity index (χ0v) is 13.7. The zero-order chi connectivity index (χ0) is 16.2. The van der Waals surface area contributed by atoms with E-state index in [1.54, 1.807) is 0 Å². The maximum Gasteiger partial charge on any atom is 0.119 e. The Morgan fingerprint density at radius 3 is 2.39 bits per heavy atom. The van der Waals surface area contributed by atoms with E-state index in [2.05, 4.69) is 24.3 Å². The summed E-state index contributed by atoms with van der Waals surface area (Å²) in [5, 5.41) is 0. The fraction of sp³-hybridized carbons (Fsp3) is 0.400. The molecule has 0 saturated carbocycles. The van der Waals surface area contributed by atoms with Crippen LogP contribution >= 0.6 is 0 Å². The van der Waals surface area contributed by atoms with Crippen LogP contribution in [0.3, 0.4) is 0 Å². The third-order valence-electron chi connectivity index (χ3n) is 3.63. The van der Waals surface area contributed by atoms with Crippen LogP contribution in [0.15, 0.2) is 54.6 Å². The Morgan fingerprint density at radius 1 is 0.783 bits per heavy atom. The predicted molar refractivity (Wildman–Crippen MR) is 94.6 cm³/mol. The molecule has 2 aromatic rings. The lowest BCUT2D eigenvalue weighted by atomic mass is 10.1. The van der Waals surface area contributed by atoms with Crippen molar-refractivity contribution < 1.29 is 9.47 Å². The molecule has 2 rings (SSSR count). The van der Waals surface area contributed by atoms with E-state index in [4.69, 9.17) is 15.2 Å². The fourth-order valence-corrected chi connectivity index (χ4v) is 2.36. The van der Waals surface area contributed by atoms with Crippen LogP contribution in [0.1, 0.15) is 30.4 Å². The topological polar surface area (TPSA) is 44.5 Å². The lowest BCUT2D eigenvalue weighted by molar-refractivity contribution is 0.113. The van der Waals surface area contributed by atoms with Crippen LogP contribution in [0.25, 0.3) is 0 Å². The SMILES string of the molecule is NCCCc1cccc(OCCCCOCc2ccccc2)c1. The minimum absolute atomic E-state index is 0.685. The largest absolute Gasteiger partial charge is 0.494 e. The molecule has 0 aliphatic rings. The summed E-state index contributed by atoms with van der Waals surface area (Å²) < 4.78 is 11.5. The summed E-state index contributed by atoms with van der Waals surface area (Å²) in [6.45, 7) is 2.92. The summed E-state index contributed by atoms with van der Waals surface area (Å²) in [5.74, 6) is 0.949. The van der Waals surface area contributed by atoms with Gasteiger partial charge >= 0.3 is 0 Å². The van der Waals surface area contributed by atoms with Gasteiger partial charge in [-0.1, -0.05) is 42.5 Å². The van der Waals surface area contributed by atoms with E-state index in [0.29, 0.717) is 6.61 Å². The van der Waals surface area contributed by atoms with E-state index in [-0.39, 0.29) is 0 Å². The number of rotatable bonds is 11. The number of ether oxygens (including phenoxy) is 2. The van der Waals surface area contributed by atoms with Gasteiger partial charge in [-0.2, -0.15) is 0 Å². The first-order valence-electron chi connectivity index (χ1n) is 8.42. The summed E-state index contributed by atoms with van der Waals surface area (Å²) in [5.41, 5.74) is 8.06. The Labute approximate surface area is 139 Å². The van der Waals surface area contributed by atoms with Crippen LogP contribution in [0.2, 0.25) is 0 Å². The van der Waals surface area contributed by atoms with Crippen LogP contribution in [0.5, 0.6) is 5.75 Å². The molecule has 0 aromatic heterocycles. The monoisotopic (exact) mass is 313 g/mol. The van der Waals surface area contributed by atoms with Crippen molar-refractivity contribution in [3.63, 3.8) is 0 Å². The molecule has 3 nitrogen and oxygen atoms in total. The third-order valence-corrected chi connectivity index (χ3v) is 3.63. The van der Waals surface area contributed by atoms with Gasteiger partial charge in [-0.15, -0.1) is 0 Å². The van der Waals surface area contributed by atoms with E-state index in [1.807, 2.05) is 30.3 Å². The van der Waals surface area contributed by atoms with Gasteiger partial charge in [0.25, 0.3) is 0 Å². The van der Waals surface area contributed by atoms with Crippen molar-refractivity contribution in [2.45, 2.75) is 32.3 Å². The number of unbranched alkanes of at least 4 members (excludes halogenated alkanes) is 1. The van der Waals surface area contributed by atoms with E-state index < -0.39 is 0 Å². The molecule has 0 amide bonds. The smallest absolute Gasteiger partial charge is 0.119 e. The molecule has 3 heteroatoms. The molecule has 0 fully saturated rings. The van der Waals surface area contributed by atoms with Crippen LogP contribution in [0, 0.1) is 0 Å². The van der Waals surface area contributed by atoms with E-state index in [0.717, 1.165) is 51.2 Å². The van der Waals surface area contributed by atoms with Gasteiger partial charge in [0.05, 0.1) is 13.2 Å². The molecule has 0 unspecified atom stereocenters. The summed E-state index contributed by atoms with van der Waals surface area (Å²) >= 11 is 0. The Hall–Kier alpha value is -1.84. The molecule has 0 saturated heterocycles. The Bertz CT molecular complexity index is 542. The maximum atomic E-state index is 5.80. The average molecular weight is 313 g/mol. The van der Waals surface area contributed by atoms with Crippen LogP contribution in [-0.2, 0) is 17.8 Å². The summed E-state index contributed by atoms with van der Waals surface area (Å²) in [4.78, 5) is 0. The van der Waals surface area contributed by atoms with Crippen molar-refractivity contribution in [1.29, 1.82) is 0 Å². The summed E-state index contributed by atoms with van der Waals surface area (Å²) in [6, 6.07) is 18.6. The highest BCUT2D eigenvalue weighted by Gasteiger charge is 1.98. The normalized spacial score (nSPS) is 10.7. The minimum Gasteiger partial charge on any atom is -0.494 e. The van der Waals surface area contributed by atoms with E-state index >= 15 is 0 Å². The molecule has 0 spiro atoms. The van der Waals surface area contributed by atoms with Gasteiger partial charge in [-0.3, -0.25) is 0 Å². The molecule has 23 heavy (non-hydrogen) atoms. The summed E-state index contributed by atoms with van der Waals surface area (Å²) in [7, 11) is 0. The standard InChI is InChI=1S/C20H27NO2/c21-13-7-11-18-10-6-12-20(16-18)23-15-5-4-14-22-17-19-8-2-1-3-9-19/h1-3,6,8-10,12,16H,4-5,7,11,13-15,17,21H2. The van der Waals surface area contributed by atoms with Gasteiger partial charge in [-0.25, -0.2) is 0 Å². The van der Waals surface area contributed by atoms with Crippen molar-refractivity contribution in [2.75, 3.05) is 19.8 Å². The van der Waals surface area contributed by atoms with Crippen molar-refractivity contribution in [1.82, 2.24) is 0 Å². The van der Waals surface area contributed by atoms with E-state index in [9.17, 15) is 0 Å². The first kappa shape index (κ1) is 17.5. The van der Waals surface area contributed by atoms with Gasteiger partial charge in [0, 0.05) is 6.61 Å². The predicted octanol–water partition coefficient (Wildman–Crippen LogP) is 3.95. The van der Waals surface area contributed by atoms with Crippen molar-refractivity contribution >= 4 is 0 Å². The molecule has 2 aromatic carbocycles. The highest BCUT2D eigenvalue weighted by Crippen LogP contribution is 2.15. The molecule has 0 atom stereocenters. The number of hydrogen-bond donors (Lipinski definition) is 1. The quantitative estimate of drug-likeness (QED) is 0.639. The fourth-order valence-electron chi connectivity index (χ4n) is 2.36. The Kier molecular flexibility index (Phi) is 8.23. The van der Waals surface area contributed by atoms with Crippen LogP contribution < -0.4 is 10.5 Å². The minimum atomic E-state index is 0.685. The summed E-state index contributed by atoms with van der Waals surface area (Å²) in [6.07, 6.45) is 4.05. The molecular weight excluding hydrogens is 286 g/mol. The van der Waals surface area contributed by atoms with Gasteiger partial charge in [0.1, 0.15) is 5.75 Å². The molecule has 0 aliphatic heterocycles. The first-order valence-corrected chi connectivity index (χ1v) is 8.42. The first-order chi connectivity index (χ1) is 11.4. The number of hydrogen-bond acceptors (Lipinski definition) is 3. The molecule has 0 bridgehead atoms. The molecular formula is C20H27NO2. The van der Waals surface area contributed by atoms with Crippen molar-refractivity contribution in [3.05, 3.63) is 65.7 Å². The van der Waals surface area contributed by atoms with Gasteiger partial charge < -0.3 is 15.2 Å². The molecule has 0 aliphatic carbocycles. The second kappa shape index (κ2) is 10.8. The van der Waals surface area contributed by atoms with Crippen LogP contribution in [0.4, 0.5) is 0 Å². The Balaban J connectivity index is 1.55. The van der Waals surface area contributed by atoms with Gasteiger partial charge in [0.15, 0.2) is 0 Å². The van der Waals surface area contributed by atoms with Crippen molar-refractivity contribution in [2.24, 2.45) is 5.73 Å². The number of nitrogens with two attached hydrogens (primary N) is 1. The maximum absolute atomic E-state index is 5.80. The third kappa shape index (κ3) is 7.31. The van der Waals surface area contributed by atoms with Crippen molar-refractivity contribution in [3.8, 4) is 5.75 Å². The molecule has 0 radical (unpaired) electrons. The lowest BCUT2D eigenvalue weighted by Gasteiger charge is -2.08.